The first-order valence-electron chi connectivity index (χ1n) is 10.8. The summed E-state index contributed by atoms with van der Waals surface area (Å²) in [5.74, 6) is -2.07. The summed E-state index contributed by atoms with van der Waals surface area (Å²) < 4.78 is 0. The van der Waals surface area contributed by atoms with Crippen LogP contribution in [-0.4, -0.2) is 29.5 Å². The zero-order chi connectivity index (χ0) is 22.8. The van der Waals surface area contributed by atoms with Crippen LogP contribution in [0.1, 0.15) is 54.9 Å². The molecule has 1 fully saturated rings. The lowest BCUT2D eigenvalue weighted by atomic mass is 9.95. The zero-order valence-electron chi connectivity index (χ0n) is 18.1. The molecule has 0 atom stereocenters. The van der Waals surface area contributed by atoms with Crippen LogP contribution in [-0.2, 0) is 9.59 Å². The van der Waals surface area contributed by atoms with Gasteiger partial charge in [-0.2, -0.15) is 5.10 Å². The quantitative estimate of drug-likeness (QED) is 0.367. The number of rotatable bonds is 6. The summed E-state index contributed by atoms with van der Waals surface area (Å²) in [5, 5.41) is 9.46. The molecule has 0 unspecified atom stereocenters. The Bertz CT molecular complexity index is 1010. The van der Waals surface area contributed by atoms with E-state index in [4.69, 9.17) is 0 Å². The molecule has 0 radical (unpaired) electrons. The van der Waals surface area contributed by atoms with Gasteiger partial charge in [0.15, 0.2) is 0 Å². The molecule has 3 amide bonds. The maximum absolute atomic E-state index is 12.7. The van der Waals surface area contributed by atoms with Gasteiger partial charge in [0.05, 0.1) is 17.0 Å². The maximum Gasteiger partial charge on any atom is 0.329 e. The molecule has 166 valence electrons. The van der Waals surface area contributed by atoms with Gasteiger partial charge in [-0.1, -0.05) is 67.8 Å². The van der Waals surface area contributed by atoms with E-state index in [1.54, 1.807) is 37.3 Å². The van der Waals surface area contributed by atoms with Crippen molar-refractivity contribution in [2.75, 3.05) is 5.32 Å². The number of hydrogen-bond donors (Lipinski definition) is 3. The minimum atomic E-state index is -0.917. The average molecular weight is 433 g/mol. The number of nitrogens with zero attached hydrogens (tertiary/aromatic N) is 1. The summed E-state index contributed by atoms with van der Waals surface area (Å²) in [7, 11) is 0. The van der Waals surface area contributed by atoms with Crippen molar-refractivity contribution in [1.82, 2.24) is 10.7 Å². The van der Waals surface area contributed by atoms with E-state index >= 15 is 0 Å². The van der Waals surface area contributed by atoms with E-state index in [0.29, 0.717) is 11.3 Å². The lowest BCUT2D eigenvalue weighted by Gasteiger charge is -2.23. The second kappa shape index (κ2) is 11.6. The Morgan fingerprint density at radius 2 is 1.59 bits per heavy atom. The number of benzene rings is 2. The first-order valence-corrected chi connectivity index (χ1v) is 10.8. The van der Waals surface area contributed by atoms with Crippen molar-refractivity contribution in [3.63, 3.8) is 0 Å². The molecule has 3 rings (SSSR count). The van der Waals surface area contributed by atoms with Gasteiger partial charge >= 0.3 is 11.8 Å². The van der Waals surface area contributed by atoms with Gasteiger partial charge in [0, 0.05) is 6.04 Å². The van der Waals surface area contributed by atoms with E-state index in [2.05, 4.69) is 21.2 Å². The first kappa shape index (κ1) is 22.9. The fourth-order valence-corrected chi connectivity index (χ4v) is 3.49. The van der Waals surface area contributed by atoms with Crippen LogP contribution >= 0.6 is 0 Å². The van der Waals surface area contributed by atoms with Crippen molar-refractivity contribution in [3.8, 4) is 0 Å². The van der Waals surface area contributed by atoms with E-state index in [1.807, 2.05) is 36.4 Å². The molecule has 1 aliphatic carbocycles. The minimum Gasteiger partial charge on any atom is -0.349 e. The predicted octanol–water partition coefficient (Wildman–Crippen LogP) is 3.89. The zero-order valence-corrected chi connectivity index (χ0v) is 18.1. The number of allylic oxidation sites excluding steroid dienone is 1. The third kappa shape index (κ3) is 6.91. The molecule has 0 aliphatic heterocycles. The van der Waals surface area contributed by atoms with Crippen LogP contribution in [0.3, 0.4) is 0 Å². The molecule has 1 saturated carbocycles. The topological polar surface area (TPSA) is 99.7 Å². The second-order valence-electron chi connectivity index (χ2n) is 7.75. The highest BCUT2D eigenvalue weighted by Gasteiger charge is 2.20. The fraction of sp³-hybridized carbons (Fsp3) is 0.280. The summed E-state index contributed by atoms with van der Waals surface area (Å²) in [5.41, 5.74) is 4.37. The SMILES string of the molecule is CC(C=Cc1ccccc1)=NNC(=O)C(=O)Nc1ccccc1C(=O)NC1CCCCC1. The van der Waals surface area contributed by atoms with Gasteiger partial charge in [0.1, 0.15) is 0 Å². The summed E-state index contributed by atoms with van der Waals surface area (Å²) >= 11 is 0. The lowest BCUT2D eigenvalue weighted by molar-refractivity contribution is -0.136. The van der Waals surface area contributed by atoms with Crippen molar-refractivity contribution >= 4 is 35.2 Å². The second-order valence-corrected chi connectivity index (χ2v) is 7.75. The highest BCUT2D eigenvalue weighted by atomic mass is 16.2. The Kier molecular flexibility index (Phi) is 8.31. The third-order valence-electron chi connectivity index (χ3n) is 5.22. The molecule has 0 spiro atoms. The first-order chi connectivity index (χ1) is 15.5. The molecule has 7 nitrogen and oxygen atoms in total. The van der Waals surface area contributed by atoms with Crippen molar-refractivity contribution in [3.05, 3.63) is 71.8 Å². The molecule has 2 aromatic carbocycles. The molecular formula is C25H28N4O3. The Labute approximate surface area is 188 Å². The molecule has 2 aromatic rings. The molecule has 3 N–H and O–H groups in total. The van der Waals surface area contributed by atoms with Crippen molar-refractivity contribution < 1.29 is 14.4 Å². The highest BCUT2D eigenvalue weighted by molar-refractivity contribution is 6.40. The van der Waals surface area contributed by atoms with Gasteiger partial charge < -0.3 is 10.6 Å². The Balaban J connectivity index is 1.57. The fourth-order valence-electron chi connectivity index (χ4n) is 3.49. The lowest BCUT2D eigenvalue weighted by Crippen LogP contribution is -2.37. The predicted molar refractivity (Wildman–Crippen MR) is 126 cm³/mol. The maximum atomic E-state index is 12.7. The van der Waals surface area contributed by atoms with Crippen LogP contribution in [0.25, 0.3) is 6.08 Å². The van der Waals surface area contributed by atoms with Gasteiger partial charge in [-0.3, -0.25) is 14.4 Å². The smallest absolute Gasteiger partial charge is 0.329 e. The van der Waals surface area contributed by atoms with Crippen LogP contribution in [0.5, 0.6) is 0 Å². The molecule has 0 aromatic heterocycles. The number of hydrogen-bond acceptors (Lipinski definition) is 4. The number of para-hydroxylation sites is 1. The summed E-state index contributed by atoms with van der Waals surface area (Å²) in [6.45, 7) is 1.71. The van der Waals surface area contributed by atoms with Gasteiger partial charge in [-0.15, -0.1) is 0 Å². The van der Waals surface area contributed by atoms with Crippen LogP contribution in [0.4, 0.5) is 5.69 Å². The standard InChI is InChI=1S/C25H28N4O3/c1-18(16-17-19-10-4-2-5-11-19)28-29-25(32)24(31)27-22-15-9-8-14-21(22)23(30)26-20-12-6-3-7-13-20/h2,4-5,8-11,14-17,20H,3,6-7,12-13H2,1H3,(H,26,30)(H,27,31)(H,29,32). The molecule has 7 heteroatoms. The Morgan fingerprint density at radius 1 is 0.906 bits per heavy atom. The Morgan fingerprint density at radius 3 is 2.34 bits per heavy atom. The molecule has 0 saturated heterocycles. The number of carbonyl (C=O) groups excluding carboxylic acids is 3. The van der Waals surface area contributed by atoms with Gasteiger partial charge in [-0.25, -0.2) is 5.43 Å². The molecule has 0 bridgehead atoms. The molecule has 32 heavy (non-hydrogen) atoms. The minimum absolute atomic E-state index is 0.143. The van der Waals surface area contributed by atoms with Gasteiger partial charge in [0.25, 0.3) is 5.91 Å². The van der Waals surface area contributed by atoms with E-state index < -0.39 is 11.8 Å². The number of anilines is 1. The third-order valence-corrected chi connectivity index (χ3v) is 5.22. The van der Waals surface area contributed by atoms with E-state index in [-0.39, 0.29) is 17.6 Å². The summed E-state index contributed by atoms with van der Waals surface area (Å²) in [6.07, 6.45) is 8.90. The Hall–Kier alpha value is -3.74. The normalized spacial score (nSPS) is 14.7. The van der Waals surface area contributed by atoms with Crippen LogP contribution in [0.15, 0.2) is 65.8 Å². The molecular weight excluding hydrogens is 404 g/mol. The number of amides is 3. The number of carbonyl (C=O) groups is 3. The average Bonchev–Trinajstić information content (AvgIpc) is 2.82. The van der Waals surface area contributed by atoms with Gasteiger partial charge in [0.2, 0.25) is 0 Å². The van der Waals surface area contributed by atoms with E-state index in [0.717, 1.165) is 31.2 Å². The largest absolute Gasteiger partial charge is 0.349 e. The van der Waals surface area contributed by atoms with Crippen molar-refractivity contribution in [2.45, 2.75) is 45.1 Å². The number of hydrazone groups is 1. The summed E-state index contributed by atoms with van der Waals surface area (Å²) in [6, 6.07) is 16.4. The van der Waals surface area contributed by atoms with Crippen LogP contribution in [0.2, 0.25) is 0 Å². The van der Waals surface area contributed by atoms with E-state index in [9.17, 15) is 14.4 Å². The van der Waals surface area contributed by atoms with Gasteiger partial charge in [-0.05, 0) is 43.5 Å². The van der Waals surface area contributed by atoms with Crippen molar-refractivity contribution in [2.24, 2.45) is 5.10 Å². The summed E-state index contributed by atoms with van der Waals surface area (Å²) in [4.78, 5) is 37.2. The molecule has 0 heterocycles. The van der Waals surface area contributed by atoms with Crippen molar-refractivity contribution in [1.29, 1.82) is 0 Å². The van der Waals surface area contributed by atoms with E-state index in [1.165, 1.54) is 6.42 Å². The monoisotopic (exact) mass is 432 g/mol. The number of nitrogens with one attached hydrogen (secondary N) is 3. The molecule has 1 aliphatic rings. The van der Waals surface area contributed by atoms with Crippen LogP contribution < -0.4 is 16.1 Å². The highest BCUT2D eigenvalue weighted by Crippen LogP contribution is 2.20. The van der Waals surface area contributed by atoms with Crippen LogP contribution in [0, 0.1) is 0 Å².